The molecule has 4 heteroatoms. The van der Waals surface area contributed by atoms with E-state index < -0.39 is 0 Å². The highest BCUT2D eigenvalue weighted by Gasteiger charge is 2.24. The third-order valence-electron chi connectivity index (χ3n) is 5.91. The van der Waals surface area contributed by atoms with Crippen molar-refractivity contribution in [3.8, 4) is 11.3 Å². The Labute approximate surface area is 158 Å². The Kier molecular flexibility index (Phi) is 3.54. The maximum Gasteiger partial charge on any atom is 0.143 e. The lowest BCUT2D eigenvalue weighted by atomic mass is 9.87. The van der Waals surface area contributed by atoms with E-state index in [1.54, 1.807) is 0 Å². The van der Waals surface area contributed by atoms with Crippen molar-refractivity contribution in [2.45, 2.75) is 33.2 Å². The second-order valence-corrected chi connectivity index (χ2v) is 7.36. The number of benzene rings is 1. The van der Waals surface area contributed by atoms with Crippen LogP contribution >= 0.6 is 0 Å². The van der Waals surface area contributed by atoms with Gasteiger partial charge in [0.15, 0.2) is 0 Å². The molecule has 0 amide bonds. The number of hydrogen-bond donors (Lipinski definition) is 1. The van der Waals surface area contributed by atoms with Gasteiger partial charge in [0.05, 0.1) is 5.69 Å². The molecule has 0 spiro atoms. The van der Waals surface area contributed by atoms with Crippen molar-refractivity contribution in [1.82, 2.24) is 14.5 Å². The van der Waals surface area contributed by atoms with Gasteiger partial charge in [0.1, 0.15) is 5.65 Å². The van der Waals surface area contributed by atoms with Gasteiger partial charge in [0.25, 0.3) is 0 Å². The molecule has 0 saturated heterocycles. The van der Waals surface area contributed by atoms with Gasteiger partial charge in [0, 0.05) is 46.8 Å². The maximum atomic E-state index is 6.71. The molecule has 0 radical (unpaired) electrons. The van der Waals surface area contributed by atoms with Crippen molar-refractivity contribution in [2.24, 2.45) is 0 Å². The highest BCUT2D eigenvalue weighted by molar-refractivity contribution is 5.98. The van der Waals surface area contributed by atoms with E-state index in [0.717, 1.165) is 41.8 Å². The van der Waals surface area contributed by atoms with Crippen LogP contribution in [0.25, 0.3) is 22.3 Å². The summed E-state index contributed by atoms with van der Waals surface area (Å²) in [5.41, 5.74) is 17.1. The average Bonchev–Trinajstić information content (AvgIpc) is 2.94. The number of aryl methyl sites for hydroxylation is 2. The summed E-state index contributed by atoms with van der Waals surface area (Å²) in [7, 11) is 0. The molecular weight excluding hydrogens is 332 g/mol. The first-order chi connectivity index (χ1) is 13.1. The zero-order valence-electron chi connectivity index (χ0n) is 15.7. The highest BCUT2D eigenvalue weighted by atomic mass is 15.1. The SMILES string of the molecule is Cc1c(C)n(Cc2ccncc2)c2nc3c(c(N)c12)CCc1ccccc1-3. The summed E-state index contributed by atoms with van der Waals surface area (Å²) in [6, 6.07) is 12.7. The molecule has 0 saturated carbocycles. The fourth-order valence-electron chi connectivity index (χ4n) is 4.30. The normalized spacial score (nSPS) is 12.8. The predicted octanol–water partition coefficient (Wildman–Crippen LogP) is 4.44. The number of hydrogen-bond acceptors (Lipinski definition) is 3. The first kappa shape index (κ1) is 16.1. The molecular formula is C23H22N4. The molecule has 4 aromatic rings. The van der Waals surface area contributed by atoms with Crippen molar-refractivity contribution < 1.29 is 0 Å². The first-order valence-corrected chi connectivity index (χ1v) is 9.40. The van der Waals surface area contributed by atoms with E-state index in [1.165, 1.54) is 33.5 Å². The van der Waals surface area contributed by atoms with Gasteiger partial charge >= 0.3 is 0 Å². The summed E-state index contributed by atoms with van der Waals surface area (Å²) in [6.45, 7) is 5.08. The molecule has 0 unspecified atom stereocenters. The van der Waals surface area contributed by atoms with Crippen molar-refractivity contribution in [3.63, 3.8) is 0 Å². The van der Waals surface area contributed by atoms with Crippen LogP contribution in [0.3, 0.4) is 0 Å². The van der Waals surface area contributed by atoms with Crippen LogP contribution in [0, 0.1) is 13.8 Å². The lowest BCUT2D eigenvalue weighted by Crippen LogP contribution is -2.10. The zero-order valence-corrected chi connectivity index (χ0v) is 15.7. The Morgan fingerprint density at radius 1 is 1.04 bits per heavy atom. The lowest BCUT2D eigenvalue weighted by Gasteiger charge is -2.21. The highest BCUT2D eigenvalue weighted by Crippen LogP contribution is 2.40. The third kappa shape index (κ3) is 2.36. The van der Waals surface area contributed by atoms with E-state index in [0.29, 0.717) is 0 Å². The van der Waals surface area contributed by atoms with Crippen LogP contribution in [0.4, 0.5) is 5.69 Å². The molecule has 1 aromatic carbocycles. The van der Waals surface area contributed by atoms with Crippen LogP contribution in [-0.2, 0) is 19.4 Å². The summed E-state index contributed by atoms with van der Waals surface area (Å²) >= 11 is 0. The number of pyridine rings is 2. The van der Waals surface area contributed by atoms with Crippen molar-refractivity contribution >= 4 is 16.7 Å². The molecule has 0 bridgehead atoms. The Bertz CT molecular complexity index is 1170. The third-order valence-corrected chi connectivity index (χ3v) is 5.91. The van der Waals surface area contributed by atoms with Crippen LogP contribution in [0.5, 0.6) is 0 Å². The van der Waals surface area contributed by atoms with Crippen molar-refractivity contribution in [2.75, 3.05) is 5.73 Å². The second-order valence-electron chi connectivity index (χ2n) is 7.36. The number of nitrogen functional groups attached to an aromatic ring is 1. The van der Waals surface area contributed by atoms with Gasteiger partial charge in [-0.05, 0) is 55.5 Å². The monoisotopic (exact) mass is 354 g/mol. The van der Waals surface area contributed by atoms with Gasteiger partial charge in [-0.3, -0.25) is 4.98 Å². The largest absolute Gasteiger partial charge is 0.398 e. The molecule has 2 N–H and O–H groups in total. The van der Waals surface area contributed by atoms with Crippen LogP contribution in [0.15, 0.2) is 48.8 Å². The van der Waals surface area contributed by atoms with Gasteiger partial charge < -0.3 is 10.3 Å². The Morgan fingerprint density at radius 2 is 1.81 bits per heavy atom. The number of aromatic nitrogens is 3. The standard InChI is InChI=1S/C23H22N4/c1-14-15(2)27(13-16-9-11-25-12-10-16)23-20(14)21(24)19-8-7-17-5-3-4-6-18(17)22(19)26-23/h3-6,9-12H,7-8,13H2,1-2H3,(H2,24,26). The van der Waals surface area contributed by atoms with Gasteiger partial charge in [-0.1, -0.05) is 24.3 Å². The maximum absolute atomic E-state index is 6.71. The molecule has 134 valence electrons. The number of fused-ring (bicyclic) bond motifs is 4. The van der Waals surface area contributed by atoms with E-state index in [2.05, 4.69) is 59.8 Å². The number of anilines is 1. The molecule has 3 aromatic heterocycles. The summed E-state index contributed by atoms with van der Waals surface area (Å²) in [5.74, 6) is 0. The molecule has 3 heterocycles. The summed E-state index contributed by atoms with van der Waals surface area (Å²) in [5, 5.41) is 1.11. The van der Waals surface area contributed by atoms with Crippen LogP contribution < -0.4 is 5.73 Å². The van der Waals surface area contributed by atoms with Crippen molar-refractivity contribution in [1.29, 1.82) is 0 Å². The Balaban J connectivity index is 1.79. The minimum atomic E-state index is 0.769. The van der Waals surface area contributed by atoms with Crippen molar-refractivity contribution in [3.05, 3.63) is 76.7 Å². The molecule has 0 fully saturated rings. The smallest absolute Gasteiger partial charge is 0.143 e. The minimum Gasteiger partial charge on any atom is -0.398 e. The second kappa shape index (κ2) is 5.95. The van der Waals surface area contributed by atoms with E-state index in [1.807, 2.05) is 12.4 Å². The Morgan fingerprint density at radius 3 is 2.63 bits per heavy atom. The van der Waals surface area contributed by atoms with Gasteiger partial charge in [-0.15, -0.1) is 0 Å². The molecule has 1 aliphatic rings. The van der Waals surface area contributed by atoms with Crippen LogP contribution in [0.1, 0.15) is 27.9 Å². The minimum absolute atomic E-state index is 0.769. The Hall–Kier alpha value is -3.14. The van der Waals surface area contributed by atoms with Gasteiger partial charge in [0.2, 0.25) is 0 Å². The predicted molar refractivity (Wildman–Crippen MR) is 110 cm³/mol. The zero-order chi connectivity index (χ0) is 18.5. The molecule has 0 aliphatic heterocycles. The number of nitrogens with two attached hydrogens (primary N) is 1. The first-order valence-electron chi connectivity index (χ1n) is 9.40. The molecule has 4 nitrogen and oxygen atoms in total. The van der Waals surface area contributed by atoms with E-state index in [-0.39, 0.29) is 0 Å². The van der Waals surface area contributed by atoms with Crippen LogP contribution in [-0.4, -0.2) is 14.5 Å². The lowest BCUT2D eigenvalue weighted by molar-refractivity contribution is 0.788. The fourth-order valence-corrected chi connectivity index (χ4v) is 4.30. The number of rotatable bonds is 2. The van der Waals surface area contributed by atoms with E-state index >= 15 is 0 Å². The quantitative estimate of drug-likeness (QED) is 0.579. The molecule has 27 heavy (non-hydrogen) atoms. The van der Waals surface area contributed by atoms with E-state index in [9.17, 15) is 0 Å². The average molecular weight is 354 g/mol. The van der Waals surface area contributed by atoms with Crippen LogP contribution in [0.2, 0.25) is 0 Å². The molecule has 1 aliphatic carbocycles. The van der Waals surface area contributed by atoms with E-state index in [4.69, 9.17) is 10.7 Å². The summed E-state index contributed by atoms with van der Waals surface area (Å²) in [6.07, 6.45) is 5.65. The van der Waals surface area contributed by atoms with Gasteiger partial charge in [-0.25, -0.2) is 4.98 Å². The summed E-state index contributed by atoms with van der Waals surface area (Å²) in [4.78, 5) is 9.29. The number of nitrogens with zero attached hydrogens (tertiary/aromatic N) is 3. The summed E-state index contributed by atoms with van der Waals surface area (Å²) < 4.78 is 2.29. The molecule has 0 atom stereocenters. The topological polar surface area (TPSA) is 56.7 Å². The molecule has 5 rings (SSSR count). The van der Waals surface area contributed by atoms with Gasteiger partial charge in [-0.2, -0.15) is 0 Å². The fraction of sp³-hybridized carbons (Fsp3) is 0.217.